The number of ether oxygens (including phenoxy) is 1. The first kappa shape index (κ1) is 10.9. The number of carbonyl (C=O) groups is 2. The summed E-state index contributed by atoms with van der Waals surface area (Å²) in [6, 6.07) is -0.945. The maximum absolute atomic E-state index is 11.0. The summed E-state index contributed by atoms with van der Waals surface area (Å²) in [6.45, 7) is 0.152. The molecule has 0 aromatic heterocycles. The average molecular weight is 223 g/mol. The number of rotatable bonds is 4. The van der Waals surface area contributed by atoms with Crippen LogP contribution >= 0.6 is 0 Å². The largest absolute Gasteiger partial charge is 0.480 e. The molecule has 1 saturated heterocycles. The molecule has 1 heterocycles. The van der Waals surface area contributed by atoms with Crippen LogP contribution in [0.5, 0.6) is 0 Å². The number of carboxylic acids is 1. The molecular weight excluding hydrogens is 214 g/mol. The molecule has 7 nitrogen and oxygen atoms in total. The second-order valence-electron chi connectivity index (χ2n) is 2.78. The molecule has 8 heteroatoms. The van der Waals surface area contributed by atoms with E-state index in [9.17, 15) is 18.0 Å². The summed E-state index contributed by atoms with van der Waals surface area (Å²) in [7, 11) is -3.95. The molecule has 0 aromatic carbocycles. The molecule has 0 aliphatic carbocycles. The predicted molar refractivity (Wildman–Crippen MR) is 43.9 cm³/mol. The van der Waals surface area contributed by atoms with Gasteiger partial charge in [0.1, 0.15) is 6.04 Å². The van der Waals surface area contributed by atoms with Crippen molar-refractivity contribution in [2.45, 2.75) is 12.5 Å². The molecule has 14 heavy (non-hydrogen) atoms. The van der Waals surface area contributed by atoms with Crippen molar-refractivity contribution < 1.29 is 27.9 Å². The van der Waals surface area contributed by atoms with Gasteiger partial charge in [0.2, 0.25) is 10.0 Å². The van der Waals surface area contributed by atoms with Crippen LogP contribution in [-0.4, -0.2) is 43.9 Å². The van der Waals surface area contributed by atoms with Gasteiger partial charge in [0, 0.05) is 6.42 Å². The molecule has 1 aliphatic heterocycles. The summed E-state index contributed by atoms with van der Waals surface area (Å²) >= 11 is 0. The van der Waals surface area contributed by atoms with Crippen LogP contribution in [0.2, 0.25) is 0 Å². The predicted octanol–water partition coefficient (Wildman–Crippen LogP) is -1.69. The lowest BCUT2D eigenvalue weighted by atomic mass is 10.3. The normalized spacial score (nSPS) is 22.0. The Hall–Kier alpha value is -1.15. The van der Waals surface area contributed by atoms with Crippen molar-refractivity contribution >= 4 is 22.0 Å². The standard InChI is InChI=1S/C6H9NO6S/c8-5(9)3-14(11,12)7-4-1-2-13-6(4)10/h4,7H,1-3H2,(H,8,9)/t4-/m0/s1. The number of hydrogen-bond acceptors (Lipinski definition) is 5. The average Bonchev–Trinajstić information content (AvgIpc) is 2.32. The Morgan fingerprint density at radius 1 is 1.64 bits per heavy atom. The quantitative estimate of drug-likeness (QED) is 0.550. The molecular formula is C6H9NO6S. The van der Waals surface area contributed by atoms with E-state index in [2.05, 4.69) is 4.74 Å². The van der Waals surface area contributed by atoms with Crippen LogP contribution in [0.1, 0.15) is 6.42 Å². The molecule has 0 radical (unpaired) electrons. The van der Waals surface area contributed by atoms with E-state index in [0.29, 0.717) is 0 Å². The van der Waals surface area contributed by atoms with E-state index in [1.54, 1.807) is 0 Å². The molecule has 0 unspecified atom stereocenters. The third-order valence-electron chi connectivity index (χ3n) is 1.57. The number of sulfonamides is 1. The van der Waals surface area contributed by atoms with Crippen molar-refractivity contribution in [3.8, 4) is 0 Å². The molecule has 1 fully saturated rings. The number of carboxylic acid groups (broad SMARTS) is 1. The minimum atomic E-state index is -3.95. The summed E-state index contributed by atoms with van der Waals surface area (Å²) in [5.74, 6) is -3.18. The van der Waals surface area contributed by atoms with Gasteiger partial charge in [-0.15, -0.1) is 0 Å². The molecule has 1 rings (SSSR count). The van der Waals surface area contributed by atoms with E-state index in [1.165, 1.54) is 0 Å². The third kappa shape index (κ3) is 2.96. The first-order valence-electron chi connectivity index (χ1n) is 3.79. The highest BCUT2D eigenvalue weighted by Gasteiger charge is 2.31. The Kier molecular flexibility index (Phi) is 3.06. The second kappa shape index (κ2) is 3.93. The molecule has 0 bridgehead atoms. The van der Waals surface area contributed by atoms with Crippen LogP contribution in [0.3, 0.4) is 0 Å². The van der Waals surface area contributed by atoms with E-state index in [4.69, 9.17) is 5.11 Å². The van der Waals surface area contributed by atoms with Crippen LogP contribution in [0.15, 0.2) is 0 Å². The fourth-order valence-corrected chi connectivity index (χ4v) is 2.08. The monoisotopic (exact) mass is 223 g/mol. The Balaban J connectivity index is 2.59. The maximum Gasteiger partial charge on any atom is 0.324 e. The molecule has 0 amide bonds. The van der Waals surface area contributed by atoms with Crippen molar-refractivity contribution in [1.29, 1.82) is 0 Å². The summed E-state index contributed by atoms with van der Waals surface area (Å²) in [4.78, 5) is 21.0. The van der Waals surface area contributed by atoms with Gasteiger partial charge in [-0.25, -0.2) is 13.1 Å². The third-order valence-corrected chi connectivity index (χ3v) is 2.84. The first-order valence-corrected chi connectivity index (χ1v) is 5.44. The van der Waals surface area contributed by atoms with Crippen LogP contribution in [0.25, 0.3) is 0 Å². The zero-order chi connectivity index (χ0) is 10.8. The zero-order valence-electron chi connectivity index (χ0n) is 7.10. The highest BCUT2D eigenvalue weighted by atomic mass is 32.2. The zero-order valence-corrected chi connectivity index (χ0v) is 7.91. The second-order valence-corrected chi connectivity index (χ2v) is 4.53. The van der Waals surface area contributed by atoms with Gasteiger partial charge >= 0.3 is 11.9 Å². The van der Waals surface area contributed by atoms with Gasteiger partial charge < -0.3 is 9.84 Å². The lowest BCUT2D eigenvalue weighted by Gasteiger charge is -2.07. The van der Waals surface area contributed by atoms with Crippen molar-refractivity contribution in [2.75, 3.05) is 12.4 Å². The van der Waals surface area contributed by atoms with Crippen LogP contribution < -0.4 is 4.72 Å². The number of carbonyl (C=O) groups excluding carboxylic acids is 1. The van der Waals surface area contributed by atoms with Crippen molar-refractivity contribution in [3.63, 3.8) is 0 Å². The van der Waals surface area contributed by atoms with E-state index in [1.807, 2.05) is 4.72 Å². The SMILES string of the molecule is O=C(O)CS(=O)(=O)N[C@H]1CCOC1=O. The van der Waals surface area contributed by atoms with Gasteiger partial charge in [-0.1, -0.05) is 0 Å². The Morgan fingerprint density at radius 3 is 2.71 bits per heavy atom. The molecule has 0 saturated carbocycles. The summed E-state index contributed by atoms with van der Waals surface area (Å²) in [5.41, 5.74) is 0. The topological polar surface area (TPSA) is 110 Å². The molecule has 0 spiro atoms. The molecule has 1 aliphatic rings. The number of aliphatic carboxylic acids is 1. The highest BCUT2D eigenvalue weighted by molar-refractivity contribution is 7.90. The van der Waals surface area contributed by atoms with Crippen LogP contribution in [0, 0.1) is 0 Å². The summed E-state index contributed by atoms with van der Waals surface area (Å²) in [5, 5.41) is 8.25. The fraction of sp³-hybridized carbons (Fsp3) is 0.667. The number of cyclic esters (lactones) is 1. The van der Waals surface area contributed by atoms with E-state index < -0.39 is 33.8 Å². The van der Waals surface area contributed by atoms with E-state index in [0.717, 1.165) is 0 Å². The van der Waals surface area contributed by atoms with Crippen molar-refractivity contribution in [2.24, 2.45) is 0 Å². The Bertz CT molecular complexity index is 347. The first-order chi connectivity index (χ1) is 6.41. The number of hydrogen-bond donors (Lipinski definition) is 2. The smallest absolute Gasteiger partial charge is 0.324 e. The van der Waals surface area contributed by atoms with E-state index >= 15 is 0 Å². The van der Waals surface area contributed by atoms with Gasteiger partial charge in [0.15, 0.2) is 5.75 Å². The summed E-state index contributed by atoms with van der Waals surface area (Å²) < 4.78 is 28.5. The Morgan fingerprint density at radius 2 is 2.29 bits per heavy atom. The molecule has 1 atom stereocenters. The van der Waals surface area contributed by atoms with Gasteiger partial charge in [-0.05, 0) is 0 Å². The van der Waals surface area contributed by atoms with Gasteiger partial charge in [-0.2, -0.15) is 0 Å². The molecule has 0 aromatic rings. The molecule has 2 N–H and O–H groups in total. The minimum absolute atomic E-state index is 0.152. The Labute approximate surface area is 80.1 Å². The maximum atomic E-state index is 11.0. The molecule has 80 valence electrons. The van der Waals surface area contributed by atoms with Crippen LogP contribution in [0.4, 0.5) is 0 Å². The number of nitrogens with one attached hydrogen (secondary N) is 1. The lowest BCUT2D eigenvalue weighted by molar-refractivity contribution is -0.139. The van der Waals surface area contributed by atoms with Crippen LogP contribution in [-0.2, 0) is 24.3 Å². The van der Waals surface area contributed by atoms with E-state index in [-0.39, 0.29) is 13.0 Å². The van der Waals surface area contributed by atoms with Gasteiger partial charge in [-0.3, -0.25) is 9.59 Å². The van der Waals surface area contributed by atoms with Gasteiger partial charge in [0.05, 0.1) is 6.61 Å². The van der Waals surface area contributed by atoms with Gasteiger partial charge in [0.25, 0.3) is 0 Å². The fourth-order valence-electron chi connectivity index (χ4n) is 1.02. The highest BCUT2D eigenvalue weighted by Crippen LogP contribution is 2.06. The van der Waals surface area contributed by atoms with Crippen molar-refractivity contribution in [1.82, 2.24) is 4.72 Å². The summed E-state index contributed by atoms with van der Waals surface area (Å²) in [6.07, 6.45) is 0.234. The lowest BCUT2D eigenvalue weighted by Crippen LogP contribution is -2.40. The minimum Gasteiger partial charge on any atom is -0.480 e. The van der Waals surface area contributed by atoms with Crippen molar-refractivity contribution in [3.05, 3.63) is 0 Å². The number of esters is 1.